The average Bonchev–Trinajstić information content (AvgIpc) is 2.91. The first-order valence-corrected chi connectivity index (χ1v) is 9.80. The molecule has 0 radical (unpaired) electrons. The zero-order valence-electron chi connectivity index (χ0n) is 16.2. The number of benzene rings is 2. The van der Waals surface area contributed by atoms with Crippen molar-refractivity contribution in [2.24, 2.45) is 0 Å². The van der Waals surface area contributed by atoms with Crippen molar-refractivity contribution < 1.29 is 0 Å². The second-order valence-electron chi connectivity index (χ2n) is 7.29. The summed E-state index contributed by atoms with van der Waals surface area (Å²) >= 11 is 0. The highest BCUT2D eigenvalue weighted by Gasteiger charge is 2.15. The lowest BCUT2D eigenvalue weighted by molar-refractivity contribution is 0.654. The van der Waals surface area contributed by atoms with Crippen LogP contribution in [0.4, 0.5) is 0 Å². The highest BCUT2D eigenvalue weighted by molar-refractivity contribution is 5.86. The number of aryl methyl sites for hydroxylation is 5. The Hall–Kier alpha value is -2.02. The molecule has 0 aliphatic rings. The third-order valence-electron chi connectivity index (χ3n) is 5.31. The summed E-state index contributed by atoms with van der Waals surface area (Å²) in [6.07, 6.45) is 5.94. The first kappa shape index (κ1) is 17.8. The van der Waals surface area contributed by atoms with Crippen molar-refractivity contribution in [3.63, 3.8) is 0 Å². The molecule has 2 aromatic carbocycles. The Labute approximate surface area is 152 Å². The van der Waals surface area contributed by atoms with E-state index in [0.29, 0.717) is 0 Å². The van der Waals surface area contributed by atoms with E-state index < -0.39 is 0 Å². The molecule has 3 aromatic rings. The zero-order chi connectivity index (χ0) is 17.8. The Balaban J connectivity index is 2.00. The van der Waals surface area contributed by atoms with Crippen molar-refractivity contribution in [3.05, 3.63) is 70.4 Å². The van der Waals surface area contributed by atoms with Gasteiger partial charge in [0.2, 0.25) is 0 Å². The van der Waals surface area contributed by atoms with Crippen LogP contribution in [0.2, 0.25) is 0 Å². The molecule has 0 saturated carbocycles. The van der Waals surface area contributed by atoms with Gasteiger partial charge < -0.3 is 4.57 Å². The van der Waals surface area contributed by atoms with Gasteiger partial charge in [-0.05, 0) is 62.8 Å². The van der Waals surface area contributed by atoms with E-state index in [-0.39, 0.29) is 0 Å². The van der Waals surface area contributed by atoms with Crippen LogP contribution in [-0.2, 0) is 25.8 Å². The molecule has 0 amide bonds. The predicted molar refractivity (Wildman–Crippen MR) is 110 cm³/mol. The molecule has 132 valence electrons. The van der Waals surface area contributed by atoms with E-state index in [1.165, 1.54) is 46.9 Å². The van der Waals surface area contributed by atoms with Crippen molar-refractivity contribution in [1.82, 2.24) is 4.57 Å². The van der Waals surface area contributed by atoms with E-state index in [0.717, 1.165) is 19.4 Å². The van der Waals surface area contributed by atoms with E-state index >= 15 is 0 Å². The van der Waals surface area contributed by atoms with E-state index in [4.69, 9.17) is 0 Å². The minimum Gasteiger partial charge on any atom is -0.344 e. The maximum absolute atomic E-state index is 2.60. The Bertz CT molecular complexity index is 837. The van der Waals surface area contributed by atoms with Crippen LogP contribution in [0.15, 0.2) is 42.5 Å². The molecule has 1 heterocycles. The predicted octanol–water partition coefficient (Wildman–Crippen LogP) is 6.41. The third-order valence-corrected chi connectivity index (χ3v) is 5.31. The quantitative estimate of drug-likeness (QED) is 0.471. The number of hydrogen-bond donors (Lipinski definition) is 0. The van der Waals surface area contributed by atoms with Crippen LogP contribution in [0, 0.1) is 13.8 Å². The fourth-order valence-corrected chi connectivity index (χ4v) is 3.87. The highest BCUT2D eigenvalue weighted by atomic mass is 15.0. The smallest absolute Gasteiger partial charge is 0.0485 e. The number of rotatable bonds is 7. The van der Waals surface area contributed by atoms with Gasteiger partial charge in [-0.15, -0.1) is 0 Å². The number of unbranched alkanes of at least 4 members (excludes halogenated alkanes) is 1. The van der Waals surface area contributed by atoms with Crippen LogP contribution < -0.4 is 0 Å². The second kappa shape index (κ2) is 7.91. The fraction of sp³-hybridized carbons (Fsp3) is 0.417. The van der Waals surface area contributed by atoms with Crippen LogP contribution >= 0.6 is 0 Å². The molecule has 0 aliphatic heterocycles. The number of aromatic nitrogens is 1. The van der Waals surface area contributed by atoms with Gasteiger partial charge >= 0.3 is 0 Å². The summed E-state index contributed by atoms with van der Waals surface area (Å²) < 4.78 is 2.60. The topological polar surface area (TPSA) is 4.93 Å². The molecule has 1 heteroatoms. The minimum atomic E-state index is 1.07. The third kappa shape index (κ3) is 3.81. The Morgan fingerprint density at radius 3 is 2.24 bits per heavy atom. The lowest BCUT2D eigenvalue weighted by atomic mass is 10.0. The lowest BCUT2D eigenvalue weighted by Crippen LogP contribution is -2.07. The summed E-state index contributed by atoms with van der Waals surface area (Å²) in [4.78, 5) is 0. The van der Waals surface area contributed by atoms with E-state index in [2.05, 4.69) is 74.7 Å². The molecular formula is C24H31N. The summed E-state index contributed by atoms with van der Waals surface area (Å²) in [7, 11) is 0. The molecule has 1 nitrogen and oxygen atoms in total. The molecule has 0 bridgehead atoms. The summed E-state index contributed by atoms with van der Waals surface area (Å²) in [6.45, 7) is 10.0. The van der Waals surface area contributed by atoms with Gasteiger partial charge in [-0.3, -0.25) is 0 Å². The normalized spacial score (nSPS) is 11.4. The highest BCUT2D eigenvalue weighted by Crippen LogP contribution is 2.29. The number of hydrogen-bond acceptors (Lipinski definition) is 0. The van der Waals surface area contributed by atoms with Crippen molar-refractivity contribution in [1.29, 1.82) is 0 Å². The van der Waals surface area contributed by atoms with Gasteiger partial charge in [0.1, 0.15) is 0 Å². The first-order chi connectivity index (χ1) is 12.1. The standard InChI is InChI=1S/C24H31N/c1-5-7-8-23-21(6-2)22-17-19(4)11-14-24(22)25(23)16-15-20-12-9-18(3)10-13-20/h9-14,17H,5-8,15-16H2,1-4H3. The van der Waals surface area contributed by atoms with Gasteiger partial charge in [0.15, 0.2) is 0 Å². The van der Waals surface area contributed by atoms with Gasteiger partial charge in [0.25, 0.3) is 0 Å². The summed E-state index contributed by atoms with van der Waals surface area (Å²) in [5, 5.41) is 1.47. The molecule has 0 spiro atoms. The maximum atomic E-state index is 2.60. The number of fused-ring (bicyclic) bond motifs is 1. The summed E-state index contributed by atoms with van der Waals surface area (Å²) in [5.41, 5.74) is 8.68. The minimum absolute atomic E-state index is 1.07. The SMILES string of the molecule is CCCCc1c(CC)c2cc(C)ccc2n1CCc1ccc(C)cc1. The molecule has 0 unspecified atom stereocenters. The van der Waals surface area contributed by atoms with Gasteiger partial charge in [-0.25, -0.2) is 0 Å². The second-order valence-corrected chi connectivity index (χ2v) is 7.29. The van der Waals surface area contributed by atoms with Gasteiger partial charge in [0, 0.05) is 23.1 Å². The van der Waals surface area contributed by atoms with E-state index in [1.807, 2.05) is 0 Å². The van der Waals surface area contributed by atoms with Crippen LogP contribution in [0.1, 0.15) is 54.6 Å². The monoisotopic (exact) mass is 333 g/mol. The van der Waals surface area contributed by atoms with Gasteiger partial charge in [-0.2, -0.15) is 0 Å². The average molecular weight is 334 g/mol. The molecule has 3 rings (SSSR count). The van der Waals surface area contributed by atoms with Crippen molar-refractivity contribution >= 4 is 10.9 Å². The molecule has 1 aromatic heterocycles. The molecule has 0 aliphatic carbocycles. The Morgan fingerprint density at radius 2 is 1.56 bits per heavy atom. The largest absolute Gasteiger partial charge is 0.344 e. The lowest BCUT2D eigenvalue weighted by Gasteiger charge is -2.12. The van der Waals surface area contributed by atoms with Crippen molar-refractivity contribution in [3.8, 4) is 0 Å². The molecule has 0 N–H and O–H groups in total. The molecular weight excluding hydrogens is 302 g/mol. The van der Waals surface area contributed by atoms with Crippen LogP contribution in [-0.4, -0.2) is 4.57 Å². The molecule has 25 heavy (non-hydrogen) atoms. The van der Waals surface area contributed by atoms with Crippen LogP contribution in [0.5, 0.6) is 0 Å². The summed E-state index contributed by atoms with van der Waals surface area (Å²) in [5.74, 6) is 0. The Kier molecular flexibility index (Phi) is 5.63. The zero-order valence-corrected chi connectivity index (χ0v) is 16.2. The van der Waals surface area contributed by atoms with Crippen molar-refractivity contribution in [2.45, 2.75) is 66.3 Å². The maximum Gasteiger partial charge on any atom is 0.0485 e. The van der Waals surface area contributed by atoms with Crippen LogP contribution in [0.3, 0.4) is 0 Å². The van der Waals surface area contributed by atoms with Crippen LogP contribution in [0.25, 0.3) is 10.9 Å². The molecule has 0 fully saturated rings. The fourth-order valence-electron chi connectivity index (χ4n) is 3.87. The summed E-state index contributed by atoms with van der Waals surface area (Å²) in [6, 6.07) is 16.0. The Morgan fingerprint density at radius 1 is 0.840 bits per heavy atom. The van der Waals surface area contributed by atoms with E-state index in [1.54, 1.807) is 11.3 Å². The van der Waals surface area contributed by atoms with Crippen molar-refractivity contribution in [2.75, 3.05) is 0 Å². The number of nitrogens with zero attached hydrogens (tertiary/aromatic N) is 1. The van der Waals surface area contributed by atoms with Gasteiger partial charge in [0.05, 0.1) is 0 Å². The van der Waals surface area contributed by atoms with E-state index in [9.17, 15) is 0 Å². The van der Waals surface area contributed by atoms with Gasteiger partial charge in [-0.1, -0.05) is 61.7 Å². The molecule has 0 atom stereocenters. The first-order valence-electron chi connectivity index (χ1n) is 9.80. The molecule has 0 saturated heterocycles.